The zero-order valence-electron chi connectivity index (χ0n) is 18.4. The number of piperidine rings is 1. The van der Waals surface area contributed by atoms with Gasteiger partial charge in [-0.1, -0.05) is 0 Å². The molecule has 1 aliphatic rings. The fourth-order valence-corrected chi connectivity index (χ4v) is 3.59. The normalized spacial score (nSPS) is 14.2. The molecule has 1 aromatic heterocycles. The van der Waals surface area contributed by atoms with Gasteiger partial charge in [0.15, 0.2) is 17.3 Å². The Labute approximate surface area is 183 Å². The highest BCUT2D eigenvalue weighted by atomic mass is 16.5. The number of ketones is 1. The van der Waals surface area contributed by atoms with Crippen LogP contribution in [0.15, 0.2) is 30.6 Å². The van der Waals surface area contributed by atoms with Crippen LogP contribution in [0, 0.1) is 6.92 Å². The van der Waals surface area contributed by atoms with E-state index in [0.29, 0.717) is 36.5 Å². The molecule has 1 N–H and O–H groups in total. The van der Waals surface area contributed by atoms with Crippen molar-refractivity contribution in [3.05, 3.63) is 41.9 Å². The second kappa shape index (κ2) is 10.7. The summed E-state index contributed by atoms with van der Waals surface area (Å²) in [5.74, 6) is 2.04. The maximum atomic E-state index is 12.3. The Hall–Kier alpha value is -3.16. The van der Waals surface area contributed by atoms with Gasteiger partial charge in [-0.25, -0.2) is 9.97 Å². The first-order valence-corrected chi connectivity index (χ1v) is 10.6. The summed E-state index contributed by atoms with van der Waals surface area (Å²) in [6.45, 7) is 5.59. The number of nitrogens with one attached hydrogen (secondary N) is 1. The van der Waals surface area contributed by atoms with Crippen molar-refractivity contribution in [2.45, 2.75) is 45.6 Å². The smallest absolute Gasteiger partial charge is 0.220 e. The first-order chi connectivity index (χ1) is 15.0. The third-order valence-electron chi connectivity index (χ3n) is 5.35. The molecule has 3 rings (SSSR count). The van der Waals surface area contributed by atoms with Gasteiger partial charge in [-0.2, -0.15) is 0 Å². The number of aromatic nitrogens is 2. The first-order valence-electron chi connectivity index (χ1n) is 10.6. The van der Waals surface area contributed by atoms with E-state index in [1.165, 1.54) is 14.0 Å². The van der Waals surface area contributed by atoms with Crippen molar-refractivity contribution in [2.75, 3.05) is 31.7 Å². The van der Waals surface area contributed by atoms with Crippen molar-refractivity contribution in [2.24, 2.45) is 0 Å². The van der Waals surface area contributed by atoms with Crippen molar-refractivity contribution in [3.8, 4) is 11.5 Å². The Kier molecular flexibility index (Phi) is 7.81. The van der Waals surface area contributed by atoms with Gasteiger partial charge in [0.2, 0.25) is 5.91 Å². The number of carbonyl (C=O) groups excluding carboxylic acids is 2. The van der Waals surface area contributed by atoms with E-state index in [2.05, 4.69) is 20.2 Å². The number of anilines is 1. The number of aryl methyl sites for hydroxylation is 1. The van der Waals surface area contributed by atoms with Crippen LogP contribution in [0.2, 0.25) is 0 Å². The Bertz CT molecular complexity index is 910. The molecule has 31 heavy (non-hydrogen) atoms. The minimum absolute atomic E-state index is 0.0282. The second-order valence-electron chi connectivity index (χ2n) is 7.72. The molecule has 1 saturated heterocycles. The maximum Gasteiger partial charge on any atom is 0.220 e. The third kappa shape index (κ3) is 6.41. The summed E-state index contributed by atoms with van der Waals surface area (Å²) in [7, 11) is 1.54. The van der Waals surface area contributed by atoms with Crippen LogP contribution in [-0.4, -0.2) is 54.5 Å². The molecule has 0 saturated carbocycles. The van der Waals surface area contributed by atoms with Gasteiger partial charge < -0.3 is 19.7 Å². The molecule has 8 heteroatoms. The van der Waals surface area contributed by atoms with E-state index >= 15 is 0 Å². The fraction of sp³-hybridized carbons (Fsp3) is 0.478. The third-order valence-corrected chi connectivity index (χ3v) is 5.35. The molecule has 0 radical (unpaired) electrons. The largest absolute Gasteiger partial charge is 0.493 e. The number of methoxy groups -OCH3 is 1. The molecule has 0 atom stereocenters. The number of nitrogens with zero attached hydrogens (tertiary/aromatic N) is 3. The maximum absolute atomic E-state index is 12.3. The van der Waals surface area contributed by atoms with Crippen LogP contribution in [0.25, 0.3) is 0 Å². The average Bonchev–Trinajstić information content (AvgIpc) is 2.77. The van der Waals surface area contributed by atoms with E-state index in [9.17, 15) is 9.59 Å². The molecule has 0 bridgehead atoms. The fourth-order valence-electron chi connectivity index (χ4n) is 3.59. The SMILES string of the molecule is COc1cc(C(C)=O)ccc1OCCCC(=O)NC1CCN(c2cc(C)ncn2)CC1. The van der Waals surface area contributed by atoms with Gasteiger partial charge in [-0.3, -0.25) is 9.59 Å². The van der Waals surface area contributed by atoms with E-state index in [1.807, 2.05) is 13.0 Å². The molecule has 1 fully saturated rings. The minimum atomic E-state index is -0.0282. The van der Waals surface area contributed by atoms with E-state index < -0.39 is 0 Å². The van der Waals surface area contributed by atoms with Gasteiger partial charge in [0.1, 0.15) is 12.1 Å². The lowest BCUT2D eigenvalue weighted by Crippen LogP contribution is -2.45. The van der Waals surface area contributed by atoms with Crippen molar-refractivity contribution < 1.29 is 19.1 Å². The zero-order valence-corrected chi connectivity index (χ0v) is 18.4. The summed E-state index contributed by atoms with van der Waals surface area (Å²) in [5.41, 5.74) is 1.53. The molecule has 1 amide bonds. The lowest BCUT2D eigenvalue weighted by atomic mass is 10.0. The van der Waals surface area contributed by atoms with E-state index in [1.54, 1.807) is 24.5 Å². The van der Waals surface area contributed by atoms with Crippen LogP contribution >= 0.6 is 0 Å². The predicted molar refractivity (Wildman–Crippen MR) is 118 cm³/mol. The standard InChI is InChI=1S/C23H30N4O4/c1-16-13-22(25-15-24-16)27-10-8-19(9-11-27)26-23(29)5-4-12-31-20-7-6-18(17(2)28)14-21(20)30-3/h6-7,13-15,19H,4-5,8-12H2,1-3H3,(H,26,29). The molecule has 166 valence electrons. The van der Waals surface area contributed by atoms with Crippen molar-refractivity contribution in [1.82, 2.24) is 15.3 Å². The number of carbonyl (C=O) groups is 2. The van der Waals surface area contributed by atoms with Crippen molar-refractivity contribution in [1.29, 1.82) is 0 Å². The Morgan fingerprint density at radius 2 is 1.94 bits per heavy atom. The Morgan fingerprint density at radius 1 is 1.16 bits per heavy atom. The van der Waals surface area contributed by atoms with E-state index in [4.69, 9.17) is 9.47 Å². The van der Waals surface area contributed by atoms with E-state index in [-0.39, 0.29) is 17.7 Å². The van der Waals surface area contributed by atoms with Crippen LogP contribution in [0.4, 0.5) is 5.82 Å². The predicted octanol–water partition coefficient (Wildman–Crippen LogP) is 2.94. The molecule has 2 heterocycles. The molecule has 2 aromatic rings. The number of hydrogen-bond donors (Lipinski definition) is 1. The second-order valence-corrected chi connectivity index (χ2v) is 7.72. The van der Waals surface area contributed by atoms with Crippen LogP contribution < -0.4 is 19.7 Å². The molecular weight excluding hydrogens is 396 g/mol. The summed E-state index contributed by atoms with van der Waals surface area (Å²) < 4.78 is 11.0. The summed E-state index contributed by atoms with van der Waals surface area (Å²) in [4.78, 5) is 34.5. The molecule has 8 nitrogen and oxygen atoms in total. The highest BCUT2D eigenvalue weighted by molar-refractivity contribution is 5.94. The Morgan fingerprint density at radius 3 is 2.61 bits per heavy atom. The van der Waals surface area contributed by atoms with Gasteiger partial charge in [-0.05, 0) is 51.3 Å². The number of ether oxygens (including phenoxy) is 2. The van der Waals surface area contributed by atoms with E-state index in [0.717, 1.165) is 37.4 Å². The molecule has 0 aliphatic carbocycles. The molecule has 0 spiro atoms. The van der Waals surface area contributed by atoms with Gasteiger partial charge >= 0.3 is 0 Å². The highest BCUT2D eigenvalue weighted by Gasteiger charge is 2.21. The summed E-state index contributed by atoms with van der Waals surface area (Å²) in [5, 5.41) is 3.13. The highest BCUT2D eigenvalue weighted by Crippen LogP contribution is 2.28. The van der Waals surface area contributed by atoms with Crippen LogP contribution in [0.5, 0.6) is 11.5 Å². The van der Waals surface area contributed by atoms with Crippen LogP contribution in [0.1, 0.15) is 48.7 Å². The Balaban J connectivity index is 1.37. The molecule has 1 aromatic carbocycles. The van der Waals surface area contributed by atoms with Gasteiger partial charge in [0.05, 0.1) is 13.7 Å². The minimum Gasteiger partial charge on any atom is -0.493 e. The van der Waals surface area contributed by atoms with Gasteiger partial charge in [-0.15, -0.1) is 0 Å². The van der Waals surface area contributed by atoms with Crippen LogP contribution in [-0.2, 0) is 4.79 Å². The van der Waals surface area contributed by atoms with Gasteiger partial charge in [0, 0.05) is 42.9 Å². The van der Waals surface area contributed by atoms with Crippen molar-refractivity contribution >= 4 is 17.5 Å². The molecule has 1 aliphatic heterocycles. The summed E-state index contributed by atoms with van der Waals surface area (Å²) in [6.07, 6.45) is 4.38. The monoisotopic (exact) mass is 426 g/mol. The summed E-state index contributed by atoms with van der Waals surface area (Å²) in [6, 6.07) is 7.28. The lowest BCUT2D eigenvalue weighted by molar-refractivity contribution is -0.122. The van der Waals surface area contributed by atoms with Crippen molar-refractivity contribution in [3.63, 3.8) is 0 Å². The zero-order chi connectivity index (χ0) is 22.2. The number of benzene rings is 1. The summed E-state index contributed by atoms with van der Waals surface area (Å²) >= 11 is 0. The first kappa shape index (κ1) is 22.5. The number of rotatable bonds is 9. The quantitative estimate of drug-likeness (QED) is 0.487. The topological polar surface area (TPSA) is 93.6 Å². The molecular formula is C23H30N4O4. The van der Waals surface area contributed by atoms with Crippen LogP contribution in [0.3, 0.4) is 0 Å². The number of Topliss-reactive ketones (excluding diaryl/α,β-unsaturated/α-hetero) is 1. The number of hydrogen-bond acceptors (Lipinski definition) is 7. The van der Waals surface area contributed by atoms with Gasteiger partial charge in [0.25, 0.3) is 0 Å². The molecule has 0 unspecified atom stereocenters. The lowest BCUT2D eigenvalue weighted by Gasteiger charge is -2.33. The average molecular weight is 427 g/mol. The number of amides is 1.